The van der Waals surface area contributed by atoms with Crippen LogP contribution in [0.25, 0.3) is 0 Å². The summed E-state index contributed by atoms with van der Waals surface area (Å²) in [6.45, 7) is 4.15. The molecule has 0 aromatic carbocycles. The number of likely N-dealkylation sites (N-methyl/N-ethyl adjacent to an activating group) is 1. The van der Waals surface area contributed by atoms with E-state index in [0.29, 0.717) is 17.9 Å². The van der Waals surface area contributed by atoms with E-state index in [1.165, 1.54) is 21.6 Å². The van der Waals surface area contributed by atoms with Crippen LogP contribution in [0.1, 0.15) is 20.3 Å². The van der Waals surface area contributed by atoms with Crippen molar-refractivity contribution in [3.8, 4) is 0 Å². The third kappa shape index (κ3) is 3.42. The molecule has 0 saturated carbocycles. The number of aliphatic hydroxyl groups is 2. The van der Waals surface area contributed by atoms with Crippen molar-refractivity contribution >= 4 is 29.5 Å². The first-order valence-corrected chi connectivity index (χ1v) is 10.3. The molecule has 156 valence electrons. The molecular weight excluding hydrogens is 386 g/mol. The van der Waals surface area contributed by atoms with E-state index < -0.39 is 18.0 Å². The number of amides is 2. The van der Waals surface area contributed by atoms with E-state index in [2.05, 4.69) is 5.32 Å². The molecule has 0 radical (unpaired) electrons. The number of carboxylic acids is 1. The lowest BCUT2D eigenvalue weighted by Crippen LogP contribution is -2.63. The molecule has 28 heavy (non-hydrogen) atoms. The Morgan fingerprint density at radius 1 is 1.43 bits per heavy atom. The number of hydrogen-bond acceptors (Lipinski definition) is 7. The summed E-state index contributed by atoms with van der Waals surface area (Å²) in [5, 5.41) is 31.7. The summed E-state index contributed by atoms with van der Waals surface area (Å²) in [7, 11) is 1.64. The third-order valence-electron chi connectivity index (χ3n) is 5.80. The van der Waals surface area contributed by atoms with Gasteiger partial charge in [0.05, 0.1) is 30.7 Å². The van der Waals surface area contributed by atoms with Crippen LogP contribution in [-0.4, -0.2) is 93.1 Å². The maximum atomic E-state index is 12.4. The van der Waals surface area contributed by atoms with Crippen LogP contribution in [0.4, 0.5) is 0 Å². The monoisotopic (exact) mass is 413 g/mol. The average molecular weight is 413 g/mol. The van der Waals surface area contributed by atoms with E-state index in [0.717, 1.165) is 0 Å². The Hall–Kier alpha value is -1.62. The van der Waals surface area contributed by atoms with Crippen molar-refractivity contribution in [2.45, 2.75) is 43.7 Å². The van der Waals surface area contributed by atoms with Gasteiger partial charge >= 0.3 is 5.97 Å². The summed E-state index contributed by atoms with van der Waals surface area (Å²) in [4.78, 5) is 40.0. The van der Waals surface area contributed by atoms with Crippen molar-refractivity contribution in [2.24, 2.45) is 11.8 Å². The highest BCUT2D eigenvalue weighted by Gasteiger charge is 2.60. The predicted octanol–water partition coefficient (Wildman–Crippen LogP) is -0.945. The zero-order valence-corrected chi connectivity index (χ0v) is 17.0. The minimum Gasteiger partial charge on any atom is -0.477 e. The van der Waals surface area contributed by atoms with E-state index in [4.69, 9.17) is 5.11 Å². The van der Waals surface area contributed by atoms with Gasteiger partial charge in [-0.2, -0.15) is 0 Å². The second-order valence-corrected chi connectivity index (χ2v) is 9.03. The summed E-state index contributed by atoms with van der Waals surface area (Å²) in [5.74, 6) is -2.35. The Balaban J connectivity index is 1.73. The normalized spacial score (nSPS) is 33.0. The van der Waals surface area contributed by atoms with Crippen molar-refractivity contribution in [2.75, 3.05) is 26.7 Å². The van der Waals surface area contributed by atoms with Crippen LogP contribution >= 0.6 is 11.8 Å². The smallest absolute Gasteiger partial charge is 0.353 e. The van der Waals surface area contributed by atoms with Crippen LogP contribution in [0.5, 0.6) is 0 Å². The van der Waals surface area contributed by atoms with Crippen LogP contribution in [0.3, 0.4) is 0 Å². The number of carbonyl (C=O) groups excluding carboxylic acids is 2. The number of thioether (sulfide) groups is 1. The number of aliphatic hydroxyl groups excluding tert-OH is 2. The minimum absolute atomic E-state index is 0.00192. The van der Waals surface area contributed by atoms with E-state index >= 15 is 0 Å². The fraction of sp³-hybridized carbons (Fsp3) is 0.722. The molecule has 3 heterocycles. The summed E-state index contributed by atoms with van der Waals surface area (Å²) in [6.07, 6.45) is -0.284. The van der Waals surface area contributed by atoms with Crippen molar-refractivity contribution in [1.82, 2.24) is 15.1 Å². The first kappa shape index (κ1) is 21.1. The number of aliphatic carboxylic acids is 1. The molecule has 3 aliphatic rings. The Labute approximate surface area is 167 Å². The maximum absolute atomic E-state index is 12.4. The molecular formula is C18H27N3O6S. The van der Waals surface area contributed by atoms with Crippen LogP contribution < -0.4 is 5.32 Å². The van der Waals surface area contributed by atoms with Gasteiger partial charge in [0.25, 0.3) is 0 Å². The molecule has 2 saturated heterocycles. The van der Waals surface area contributed by atoms with Crippen LogP contribution in [0.2, 0.25) is 0 Å². The first-order valence-electron chi connectivity index (χ1n) is 9.43. The molecule has 0 aliphatic carbocycles. The molecule has 4 N–H and O–H groups in total. The lowest BCUT2D eigenvalue weighted by atomic mass is 9.79. The number of nitrogens with zero attached hydrogens (tertiary/aromatic N) is 2. The highest BCUT2D eigenvalue weighted by molar-refractivity contribution is 8.03. The predicted molar refractivity (Wildman–Crippen MR) is 102 cm³/mol. The van der Waals surface area contributed by atoms with Gasteiger partial charge in [0.15, 0.2) is 0 Å². The zero-order valence-electron chi connectivity index (χ0n) is 16.2. The Morgan fingerprint density at radius 3 is 2.68 bits per heavy atom. The minimum atomic E-state index is -1.14. The lowest BCUT2D eigenvalue weighted by molar-refractivity contribution is -0.163. The van der Waals surface area contributed by atoms with Gasteiger partial charge in [-0.1, -0.05) is 6.92 Å². The zero-order chi connectivity index (χ0) is 20.7. The van der Waals surface area contributed by atoms with Gasteiger partial charge in [0, 0.05) is 36.2 Å². The molecule has 9 nitrogen and oxygen atoms in total. The van der Waals surface area contributed by atoms with Crippen LogP contribution in [0.15, 0.2) is 10.6 Å². The standard InChI is InChI=1S/C18H27N3O6S/c1-8-13-12(9(2)23)17(25)21(13)14(18(26)27)15(8)28-10-6-11(19-7-10)16(24)20(3)4-5-22/h8-13,19,22-23H,4-7H2,1-3H3,(H,26,27)/t8?,9?,10?,11?,12?,13-/m0/s1. The summed E-state index contributed by atoms with van der Waals surface area (Å²) < 4.78 is 0. The first-order chi connectivity index (χ1) is 13.2. The Bertz CT molecular complexity index is 711. The number of carboxylic acid groups (broad SMARTS) is 1. The number of hydrogen-bond donors (Lipinski definition) is 4. The summed E-state index contributed by atoms with van der Waals surface area (Å²) >= 11 is 1.41. The summed E-state index contributed by atoms with van der Waals surface area (Å²) in [5.41, 5.74) is 0.0107. The van der Waals surface area contributed by atoms with Gasteiger partial charge in [-0.05, 0) is 13.3 Å². The highest BCUT2D eigenvalue weighted by Crippen LogP contribution is 2.51. The van der Waals surface area contributed by atoms with Crippen molar-refractivity contribution < 1.29 is 29.7 Å². The van der Waals surface area contributed by atoms with Crippen LogP contribution in [-0.2, 0) is 14.4 Å². The largest absolute Gasteiger partial charge is 0.477 e. The molecule has 2 amide bonds. The fourth-order valence-electron chi connectivity index (χ4n) is 4.37. The third-order valence-corrected chi connectivity index (χ3v) is 7.32. The van der Waals surface area contributed by atoms with E-state index in [1.807, 2.05) is 6.92 Å². The van der Waals surface area contributed by atoms with E-state index in [-0.39, 0.29) is 53.9 Å². The number of fused-ring (bicyclic) bond motifs is 1. The van der Waals surface area contributed by atoms with E-state index in [9.17, 15) is 24.6 Å². The Kier molecular flexibility index (Phi) is 6.04. The van der Waals surface area contributed by atoms with Crippen molar-refractivity contribution in [3.05, 3.63) is 10.6 Å². The molecule has 10 heteroatoms. The summed E-state index contributed by atoms with van der Waals surface area (Å²) in [6, 6.07) is -0.702. The number of nitrogens with one attached hydrogen (secondary N) is 1. The number of rotatable bonds is 7. The van der Waals surface area contributed by atoms with Gasteiger partial charge in [-0.25, -0.2) is 4.79 Å². The highest BCUT2D eigenvalue weighted by atomic mass is 32.2. The number of β-lactam (4-membered cyclic amide) rings is 1. The average Bonchev–Trinajstić information content (AvgIpc) is 3.17. The second kappa shape index (κ2) is 8.02. The molecule has 0 aromatic rings. The maximum Gasteiger partial charge on any atom is 0.353 e. The van der Waals surface area contributed by atoms with Gasteiger partial charge in [0.1, 0.15) is 5.70 Å². The van der Waals surface area contributed by atoms with Crippen LogP contribution in [0, 0.1) is 11.8 Å². The van der Waals surface area contributed by atoms with Gasteiger partial charge in [-0.3, -0.25) is 9.59 Å². The molecule has 5 unspecified atom stereocenters. The topological polar surface area (TPSA) is 130 Å². The molecule has 2 fully saturated rings. The lowest BCUT2D eigenvalue weighted by Gasteiger charge is -2.46. The molecule has 0 aromatic heterocycles. The van der Waals surface area contributed by atoms with E-state index in [1.54, 1.807) is 14.0 Å². The quantitative estimate of drug-likeness (QED) is 0.393. The molecule has 0 spiro atoms. The van der Waals surface area contributed by atoms with Gasteiger partial charge < -0.3 is 30.4 Å². The van der Waals surface area contributed by atoms with Crippen molar-refractivity contribution in [1.29, 1.82) is 0 Å². The Morgan fingerprint density at radius 2 is 2.11 bits per heavy atom. The molecule has 6 atom stereocenters. The SMILES string of the molecule is CC(O)C1C(=O)N2C(C(=O)O)=C(SC3CNC(C(=O)N(C)CCO)C3)C(C)[C@@H]12. The molecule has 3 aliphatic heterocycles. The molecule has 3 rings (SSSR count). The van der Waals surface area contributed by atoms with Gasteiger partial charge in [0.2, 0.25) is 11.8 Å². The number of carbonyl (C=O) groups is 3. The van der Waals surface area contributed by atoms with Gasteiger partial charge in [-0.15, -0.1) is 11.8 Å². The fourth-order valence-corrected chi connectivity index (χ4v) is 5.84. The second-order valence-electron chi connectivity index (χ2n) is 7.69. The molecule has 0 bridgehead atoms. The van der Waals surface area contributed by atoms with Crippen molar-refractivity contribution in [3.63, 3.8) is 0 Å².